The normalized spacial score (nSPS) is 14.4. The molecular formula is C19H18N8S. The molecule has 0 bridgehead atoms. The Morgan fingerprint density at radius 2 is 1.75 bits per heavy atom. The smallest absolute Gasteiger partial charge is 0.211 e. The number of fused-ring (bicyclic) bond motifs is 1. The maximum absolute atomic E-state index is 4.67. The molecule has 5 rings (SSSR count). The van der Waals surface area contributed by atoms with E-state index in [-0.39, 0.29) is 0 Å². The van der Waals surface area contributed by atoms with Crippen molar-refractivity contribution in [2.75, 3.05) is 10.6 Å². The first kappa shape index (κ1) is 16.9. The molecule has 140 valence electrons. The molecule has 1 aliphatic carbocycles. The van der Waals surface area contributed by atoms with Crippen molar-refractivity contribution >= 4 is 44.7 Å². The Hall–Kier alpha value is -3.20. The van der Waals surface area contributed by atoms with Gasteiger partial charge in [-0.25, -0.2) is 15.0 Å². The van der Waals surface area contributed by atoms with Crippen LogP contribution in [0.15, 0.2) is 43.1 Å². The quantitative estimate of drug-likeness (QED) is 0.516. The maximum atomic E-state index is 4.67. The molecule has 4 heterocycles. The minimum Gasteiger partial charge on any atom is -0.352 e. The van der Waals surface area contributed by atoms with Crippen molar-refractivity contribution in [1.29, 1.82) is 0 Å². The second kappa shape index (κ2) is 7.43. The molecule has 0 spiro atoms. The van der Waals surface area contributed by atoms with E-state index in [0.717, 1.165) is 38.4 Å². The van der Waals surface area contributed by atoms with E-state index in [1.54, 1.807) is 29.9 Å². The number of hydrogen-bond donors (Lipinski definition) is 2. The number of aromatic nitrogens is 6. The fourth-order valence-corrected chi connectivity index (χ4v) is 4.33. The predicted molar refractivity (Wildman–Crippen MR) is 109 cm³/mol. The Kier molecular flexibility index (Phi) is 4.50. The average molecular weight is 390 g/mol. The van der Waals surface area contributed by atoms with Crippen molar-refractivity contribution in [1.82, 2.24) is 30.1 Å². The van der Waals surface area contributed by atoms with E-state index in [1.807, 2.05) is 18.2 Å². The summed E-state index contributed by atoms with van der Waals surface area (Å²) in [5, 5.41) is 17.1. The molecule has 0 unspecified atom stereocenters. The zero-order valence-corrected chi connectivity index (χ0v) is 15.9. The number of nitrogens with zero attached hydrogens (tertiary/aromatic N) is 6. The zero-order valence-electron chi connectivity index (χ0n) is 15.0. The molecule has 4 aromatic rings. The van der Waals surface area contributed by atoms with Crippen LogP contribution in [0.3, 0.4) is 0 Å². The first-order valence-corrected chi connectivity index (χ1v) is 10.0. The first-order chi connectivity index (χ1) is 13.8. The van der Waals surface area contributed by atoms with Crippen LogP contribution in [0.5, 0.6) is 0 Å². The largest absolute Gasteiger partial charge is 0.352 e. The van der Waals surface area contributed by atoms with Crippen molar-refractivity contribution in [3.05, 3.63) is 48.1 Å². The Morgan fingerprint density at radius 1 is 0.893 bits per heavy atom. The van der Waals surface area contributed by atoms with Gasteiger partial charge in [-0.15, -0.1) is 10.2 Å². The van der Waals surface area contributed by atoms with Crippen molar-refractivity contribution in [2.45, 2.75) is 31.6 Å². The average Bonchev–Trinajstić information content (AvgIpc) is 3.40. The standard InChI is InChI=1S/C19H18N8S/c1-2-4-12(3-1)18-26-27-19(28-18)25-17-6-5-15-16(24-17)7-13(10-22-15)23-14-8-20-11-21-9-14/h5-12,23H,1-4H2,(H,24,25,27). The Bertz CT molecular complexity index is 1090. The molecular weight excluding hydrogens is 372 g/mol. The molecule has 9 heteroatoms. The Labute approximate surface area is 165 Å². The third-order valence-corrected chi connectivity index (χ3v) is 5.77. The molecule has 2 N–H and O–H groups in total. The summed E-state index contributed by atoms with van der Waals surface area (Å²) in [5.41, 5.74) is 3.23. The highest BCUT2D eigenvalue weighted by atomic mass is 32.1. The molecule has 1 fully saturated rings. The summed E-state index contributed by atoms with van der Waals surface area (Å²) >= 11 is 1.62. The van der Waals surface area contributed by atoms with Gasteiger partial charge in [0.1, 0.15) is 17.2 Å². The van der Waals surface area contributed by atoms with Gasteiger partial charge in [-0.3, -0.25) is 4.98 Å². The fourth-order valence-electron chi connectivity index (χ4n) is 3.41. The van der Waals surface area contributed by atoms with Crippen LogP contribution < -0.4 is 10.6 Å². The van der Waals surface area contributed by atoms with Crippen molar-refractivity contribution < 1.29 is 0 Å². The van der Waals surface area contributed by atoms with Crippen LogP contribution in [0.25, 0.3) is 11.0 Å². The Morgan fingerprint density at radius 3 is 2.61 bits per heavy atom. The first-order valence-electron chi connectivity index (χ1n) is 9.23. The zero-order chi connectivity index (χ0) is 18.8. The minimum absolute atomic E-state index is 0.567. The van der Waals surface area contributed by atoms with E-state index < -0.39 is 0 Å². The van der Waals surface area contributed by atoms with E-state index in [4.69, 9.17) is 0 Å². The van der Waals surface area contributed by atoms with Crippen LogP contribution >= 0.6 is 11.3 Å². The monoisotopic (exact) mass is 390 g/mol. The van der Waals surface area contributed by atoms with E-state index >= 15 is 0 Å². The van der Waals surface area contributed by atoms with Crippen LogP contribution in [0.1, 0.15) is 36.6 Å². The van der Waals surface area contributed by atoms with E-state index in [1.165, 1.54) is 32.0 Å². The minimum atomic E-state index is 0.567. The molecule has 0 amide bonds. The van der Waals surface area contributed by atoms with Crippen molar-refractivity contribution in [2.24, 2.45) is 0 Å². The number of anilines is 4. The van der Waals surface area contributed by atoms with Gasteiger partial charge in [-0.2, -0.15) is 0 Å². The Balaban J connectivity index is 1.36. The van der Waals surface area contributed by atoms with Gasteiger partial charge in [0.25, 0.3) is 0 Å². The number of nitrogens with one attached hydrogen (secondary N) is 2. The lowest BCUT2D eigenvalue weighted by Crippen LogP contribution is -1.96. The second-order valence-electron chi connectivity index (χ2n) is 6.76. The molecule has 28 heavy (non-hydrogen) atoms. The summed E-state index contributed by atoms with van der Waals surface area (Å²) in [6.07, 6.45) is 11.7. The molecule has 0 saturated heterocycles. The van der Waals surface area contributed by atoms with E-state index in [0.29, 0.717) is 5.92 Å². The molecule has 0 aliphatic heterocycles. The number of rotatable bonds is 5. The van der Waals surface area contributed by atoms with Crippen LogP contribution in [0, 0.1) is 0 Å². The summed E-state index contributed by atoms with van der Waals surface area (Å²) in [4.78, 5) is 17.1. The molecule has 4 aromatic heterocycles. The highest BCUT2D eigenvalue weighted by molar-refractivity contribution is 7.15. The van der Waals surface area contributed by atoms with Crippen molar-refractivity contribution in [3.8, 4) is 0 Å². The second-order valence-corrected chi connectivity index (χ2v) is 7.77. The van der Waals surface area contributed by atoms with E-state index in [9.17, 15) is 0 Å². The molecule has 8 nitrogen and oxygen atoms in total. The summed E-state index contributed by atoms with van der Waals surface area (Å²) in [6, 6.07) is 5.80. The van der Waals surface area contributed by atoms with Gasteiger partial charge in [0.2, 0.25) is 5.13 Å². The lowest BCUT2D eigenvalue weighted by molar-refractivity contribution is 0.705. The SMILES string of the molecule is c1ncc(Nc2cnc3ccc(Nc4nnc(C5CCCC5)s4)nc3c2)cn1. The van der Waals surface area contributed by atoms with Gasteiger partial charge >= 0.3 is 0 Å². The summed E-state index contributed by atoms with van der Waals surface area (Å²) in [7, 11) is 0. The predicted octanol–water partition coefficient (Wildman–Crippen LogP) is 4.42. The van der Waals surface area contributed by atoms with Gasteiger partial charge in [0, 0.05) is 5.92 Å². The van der Waals surface area contributed by atoms with Gasteiger partial charge in [0.05, 0.1) is 41.0 Å². The molecule has 1 saturated carbocycles. The van der Waals surface area contributed by atoms with Crippen LogP contribution in [0.2, 0.25) is 0 Å². The fraction of sp³-hybridized carbons (Fsp3) is 0.263. The van der Waals surface area contributed by atoms with Crippen LogP contribution in [-0.4, -0.2) is 30.1 Å². The van der Waals surface area contributed by atoms with Gasteiger partial charge in [-0.1, -0.05) is 24.2 Å². The topological polar surface area (TPSA) is 101 Å². The maximum Gasteiger partial charge on any atom is 0.211 e. The lowest BCUT2D eigenvalue weighted by atomic mass is 10.1. The third-order valence-electron chi connectivity index (χ3n) is 4.77. The van der Waals surface area contributed by atoms with Gasteiger partial charge in [0.15, 0.2) is 0 Å². The molecule has 0 radical (unpaired) electrons. The number of pyridine rings is 2. The highest BCUT2D eigenvalue weighted by Crippen LogP contribution is 2.36. The van der Waals surface area contributed by atoms with Crippen LogP contribution in [-0.2, 0) is 0 Å². The number of hydrogen-bond acceptors (Lipinski definition) is 9. The van der Waals surface area contributed by atoms with Crippen LogP contribution in [0.4, 0.5) is 22.3 Å². The molecule has 0 aromatic carbocycles. The van der Waals surface area contributed by atoms with E-state index in [2.05, 4.69) is 40.8 Å². The summed E-state index contributed by atoms with van der Waals surface area (Å²) < 4.78 is 0. The molecule has 1 aliphatic rings. The summed E-state index contributed by atoms with van der Waals surface area (Å²) in [5.74, 6) is 1.29. The third kappa shape index (κ3) is 3.61. The summed E-state index contributed by atoms with van der Waals surface area (Å²) in [6.45, 7) is 0. The lowest BCUT2D eigenvalue weighted by Gasteiger charge is -2.07. The van der Waals surface area contributed by atoms with Gasteiger partial charge in [-0.05, 0) is 31.0 Å². The molecule has 0 atom stereocenters. The highest BCUT2D eigenvalue weighted by Gasteiger charge is 2.21. The van der Waals surface area contributed by atoms with Gasteiger partial charge < -0.3 is 10.6 Å². The van der Waals surface area contributed by atoms with Crippen molar-refractivity contribution in [3.63, 3.8) is 0 Å².